The summed E-state index contributed by atoms with van der Waals surface area (Å²) in [7, 11) is 0. The monoisotopic (exact) mass is 267 g/mol. The minimum atomic E-state index is 0.879. The Labute approximate surface area is 122 Å². The molecule has 0 bridgehead atoms. The number of anilines is 1. The molecule has 0 amide bonds. The van der Waals surface area contributed by atoms with Crippen LogP contribution in [0.25, 0.3) is 11.1 Å². The molecule has 0 aliphatic carbocycles. The maximum atomic E-state index is 6.24. The van der Waals surface area contributed by atoms with Gasteiger partial charge in [0.25, 0.3) is 0 Å². The van der Waals surface area contributed by atoms with Crippen LogP contribution in [0.4, 0.5) is 5.69 Å². The van der Waals surface area contributed by atoms with E-state index in [2.05, 4.69) is 52.0 Å². The molecule has 0 saturated heterocycles. The van der Waals surface area contributed by atoms with Gasteiger partial charge in [-0.15, -0.1) is 0 Å². The maximum absolute atomic E-state index is 6.24. The zero-order valence-electron chi connectivity index (χ0n) is 13.1. The summed E-state index contributed by atoms with van der Waals surface area (Å²) < 4.78 is 0. The van der Waals surface area contributed by atoms with Gasteiger partial charge in [-0.1, -0.05) is 44.5 Å². The second kappa shape index (κ2) is 6.13. The first kappa shape index (κ1) is 14.6. The van der Waals surface area contributed by atoms with Crippen molar-refractivity contribution in [2.75, 3.05) is 5.73 Å². The van der Waals surface area contributed by atoms with Gasteiger partial charge in [0.05, 0.1) is 0 Å². The highest BCUT2D eigenvalue weighted by molar-refractivity contribution is 5.81. The predicted octanol–water partition coefficient (Wildman–Crippen LogP) is 4.93. The van der Waals surface area contributed by atoms with Crippen molar-refractivity contribution in [1.82, 2.24) is 0 Å². The van der Waals surface area contributed by atoms with Crippen LogP contribution in [0.1, 0.15) is 43.0 Å². The van der Waals surface area contributed by atoms with Gasteiger partial charge < -0.3 is 5.73 Å². The van der Waals surface area contributed by atoms with Gasteiger partial charge in [0, 0.05) is 11.3 Å². The third-order valence-corrected chi connectivity index (χ3v) is 4.01. The topological polar surface area (TPSA) is 26.0 Å². The number of hydrogen-bond donors (Lipinski definition) is 1. The minimum Gasteiger partial charge on any atom is -0.398 e. The molecule has 0 fully saturated rings. The molecule has 1 nitrogen and oxygen atoms in total. The molecule has 0 aromatic heterocycles. The molecule has 0 atom stereocenters. The maximum Gasteiger partial charge on any atom is 0.0394 e. The lowest BCUT2D eigenvalue weighted by Gasteiger charge is -2.18. The molecule has 0 saturated carbocycles. The Hall–Kier alpha value is -1.76. The Morgan fingerprint density at radius 1 is 0.850 bits per heavy atom. The van der Waals surface area contributed by atoms with Crippen LogP contribution in [0, 0.1) is 6.92 Å². The normalized spacial score (nSPS) is 10.8. The average molecular weight is 267 g/mol. The fourth-order valence-electron chi connectivity index (χ4n) is 2.83. The number of rotatable bonds is 4. The fourth-order valence-corrected chi connectivity index (χ4v) is 2.83. The highest BCUT2D eigenvalue weighted by Gasteiger charge is 2.13. The van der Waals surface area contributed by atoms with Crippen molar-refractivity contribution in [3.8, 4) is 11.1 Å². The van der Waals surface area contributed by atoms with Crippen LogP contribution in [-0.4, -0.2) is 0 Å². The van der Waals surface area contributed by atoms with Crippen molar-refractivity contribution >= 4 is 5.69 Å². The van der Waals surface area contributed by atoms with Crippen molar-refractivity contribution in [2.45, 2.75) is 47.0 Å². The Balaban J connectivity index is 2.74. The van der Waals surface area contributed by atoms with E-state index in [1.807, 2.05) is 6.07 Å². The Morgan fingerprint density at radius 2 is 1.45 bits per heavy atom. The zero-order valence-corrected chi connectivity index (χ0v) is 13.1. The van der Waals surface area contributed by atoms with Crippen LogP contribution in [0.3, 0.4) is 0 Å². The summed E-state index contributed by atoms with van der Waals surface area (Å²) in [6.45, 7) is 8.79. The van der Waals surface area contributed by atoms with Crippen molar-refractivity contribution in [3.05, 3.63) is 52.6 Å². The van der Waals surface area contributed by atoms with Gasteiger partial charge in [-0.2, -0.15) is 0 Å². The van der Waals surface area contributed by atoms with E-state index in [4.69, 9.17) is 5.73 Å². The molecule has 2 aromatic carbocycles. The molecule has 20 heavy (non-hydrogen) atoms. The second-order valence-corrected chi connectivity index (χ2v) is 5.44. The lowest BCUT2D eigenvalue weighted by Crippen LogP contribution is -2.00. The van der Waals surface area contributed by atoms with E-state index in [-0.39, 0.29) is 0 Å². The zero-order chi connectivity index (χ0) is 14.7. The smallest absolute Gasteiger partial charge is 0.0394 e. The van der Waals surface area contributed by atoms with Crippen LogP contribution in [0.15, 0.2) is 30.3 Å². The summed E-state index contributed by atoms with van der Waals surface area (Å²) >= 11 is 0. The minimum absolute atomic E-state index is 0.879. The Bertz CT molecular complexity index is 586. The lowest BCUT2D eigenvalue weighted by molar-refractivity contribution is 1.05. The van der Waals surface area contributed by atoms with E-state index >= 15 is 0 Å². The van der Waals surface area contributed by atoms with E-state index in [1.54, 1.807) is 0 Å². The molecule has 0 radical (unpaired) electrons. The first-order chi connectivity index (χ1) is 9.60. The Kier molecular flexibility index (Phi) is 4.49. The molecular weight excluding hydrogens is 242 g/mol. The predicted molar refractivity (Wildman–Crippen MR) is 89.2 cm³/mol. The first-order valence-corrected chi connectivity index (χ1v) is 7.61. The van der Waals surface area contributed by atoms with Crippen LogP contribution in [-0.2, 0) is 19.3 Å². The highest BCUT2D eigenvalue weighted by Crippen LogP contribution is 2.34. The standard InChI is InChI=1S/C19H25N/c1-5-14-11-15(6-2)19(16(7-3)12-14)17-10-13(4)8-9-18(17)20/h8-12H,5-7,20H2,1-4H3. The van der Waals surface area contributed by atoms with Crippen molar-refractivity contribution < 1.29 is 0 Å². The summed E-state index contributed by atoms with van der Waals surface area (Å²) in [4.78, 5) is 0. The molecule has 1 heteroatoms. The molecule has 0 aliphatic rings. The van der Waals surface area contributed by atoms with Gasteiger partial charge in [0.2, 0.25) is 0 Å². The van der Waals surface area contributed by atoms with Crippen molar-refractivity contribution in [2.24, 2.45) is 0 Å². The molecule has 0 spiro atoms. The average Bonchev–Trinajstić information content (AvgIpc) is 2.48. The molecule has 0 unspecified atom stereocenters. The van der Waals surface area contributed by atoms with E-state index in [1.165, 1.54) is 33.4 Å². The number of hydrogen-bond acceptors (Lipinski definition) is 1. The number of nitrogen functional groups attached to an aromatic ring is 1. The Morgan fingerprint density at radius 3 is 1.95 bits per heavy atom. The van der Waals surface area contributed by atoms with Gasteiger partial charge in [-0.25, -0.2) is 0 Å². The van der Waals surface area contributed by atoms with E-state index in [9.17, 15) is 0 Å². The molecule has 0 heterocycles. The molecule has 2 rings (SSSR count). The van der Waals surface area contributed by atoms with Crippen LogP contribution in [0.2, 0.25) is 0 Å². The van der Waals surface area contributed by atoms with E-state index < -0.39 is 0 Å². The van der Waals surface area contributed by atoms with Gasteiger partial charge in [-0.3, -0.25) is 0 Å². The van der Waals surface area contributed by atoms with Gasteiger partial charge in [0.15, 0.2) is 0 Å². The van der Waals surface area contributed by atoms with E-state index in [0.29, 0.717) is 0 Å². The molecule has 2 N–H and O–H groups in total. The van der Waals surface area contributed by atoms with Crippen molar-refractivity contribution in [1.29, 1.82) is 0 Å². The fraction of sp³-hybridized carbons (Fsp3) is 0.368. The summed E-state index contributed by atoms with van der Waals surface area (Å²) in [5.74, 6) is 0. The molecule has 2 aromatic rings. The van der Waals surface area contributed by atoms with Crippen LogP contribution >= 0.6 is 0 Å². The SMILES string of the molecule is CCc1cc(CC)c(-c2cc(C)ccc2N)c(CC)c1. The number of benzene rings is 2. The largest absolute Gasteiger partial charge is 0.398 e. The highest BCUT2D eigenvalue weighted by atomic mass is 14.6. The van der Waals surface area contributed by atoms with Crippen LogP contribution in [0.5, 0.6) is 0 Å². The molecule has 0 aliphatic heterocycles. The third kappa shape index (κ3) is 2.72. The summed E-state index contributed by atoms with van der Waals surface area (Å²) in [5.41, 5.74) is 15.2. The lowest BCUT2D eigenvalue weighted by atomic mass is 9.88. The number of nitrogens with two attached hydrogens (primary N) is 1. The quantitative estimate of drug-likeness (QED) is 0.781. The number of aryl methyl sites for hydroxylation is 4. The first-order valence-electron chi connectivity index (χ1n) is 7.61. The van der Waals surface area contributed by atoms with Crippen LogP contribution < -0.4 is 5.73 Å². The van der Waals surface area contributed by atoms with Gasteiger partial charge in [-0.05, 0) is 60.6 Å². The summed E-state index contributed by atoms with van der Waals surface area (Å²) in [6.07, 6.45) is 3.18. The molecule has 106 valence electrons. The summed E-state index contributed by atoms with van der Waals surface area (Å²) in [5, 5.41) is 0. The van der Waals surface area contributed by atoms with Crippen molar-refractivity contribution in [3.63, 3.8) is 0 Å². The summed E-state index contributed by atoms with van der Waals surface area (Å²) in [6, 6.07) is 11.0. The molecular formula is C19H25N. The van der Waals surface area contributed by atoms with E-state index in [0.717, 1.165) is 24.9 Å². The van der Waals surface area contributed by atoms with Gasteiger partial charge in [0.1, 0.15) is 0 Å². The second-order valence-electron chi connectivity index (χ2n) is 5.44. The van der Waals surface area contributed by atoms with Gasteiger partial charge >= 0.3 is 0 Å². The third-order valence-electron chi connectivity index (χ3n) is 4.01.